The molecule has 2 aromatic carbocycles. The Morgan fingerprint density at radius 1 is 1.11 bits per heavy atom. The van der Waals surface area contributed by atoms with E-state index >= 15 is 0 Å². The van der Waals surface area contributed by atoms with Crippen LogP contribution in [0.4, 0.5) is 0 Å². The molecule has 1 amide bonds. The summed E-state index contributed by atoms with van der Waals surface area (Å²) in [5.74, 6) is 0.422. The van der Waals surface area contributed by atoms with Crippen molar-refractivity contribution in [2.24, 2.45) is 5.10 Å². The summed E-state index contributed by atoms with van der Waals surface area (Å²) >= 11 is 3.36. The van der Waals surface area contributed by atoms with Gasteiger partial charge in [0.15, 0.2) is 24.7 Å². The van der Waals surface area contributed by atoms with Gasteiger partial charge in [-0.05, 0) is 45.8 Å². The number of hydrogen-bond acceptors (Lipinski definition) is 7. The van der Waals surface area contributed by atoms with E-state index in [9.17, 15) is 9.59 Å². The highest BCUT2D eigenvalue weighted by Gasteiger charge is 2.13. The van der Waals surface area contributed by atoms with Crippen molar-refractivity contribution < 1.29 is 28.5 Å². The zero-order valence-corrected chi connectivity index (χ0v) is 16.9. The van der Waals surface area contributed by atoms with Crippen LogP contribution < -0.4 is 19.6 Å². The molecule has 1 N–H and O–H groups in total. The van der Waals surface area contributed by atoms with E-state index in [0.29, 0.717) is 27.3 Å². The SMILES string of the molecule is COC(=O)COc1c(Br)cc(C=NNC(=O)COc2ccccc2)cc1OC. The molecule has 28 heavy (non-hydrogen) atoms. The highest BCUT2D eigenvalue weighted by atomic mass is 79.9. The summed E-state index contributed by atoms with van der Waals surface area (Å²) < 4.78 is 21.1. The Labute approximate surface area is 170 Å². The predicted octanol–water partition coefficient (Wildman–Crippen LogP) is 2.54. The molecule has 0 fully saturated rings. The van der Waals surface area contributed by atoms with Crippen LogP contribution in [0, 0.1) is 0 Å². The minimum Gasteiger partial charge on any atom is -0.493 e. The maximum atomic E-state index is 11.8. The van der Waals surface area contributed by atoms with Crippen molar-refractivity contribution in [2.75, 3.05) is 27.4 Å². The second kappa shape index (κ2) is 10.9. The summed E-state index contributed by atoms with van der Waals surface area (Å²) in [5, 5.41) is 3.89. The van der Waals surface area contributed by atoms with Gasteiger partial charge >= 0.3 is 5.97 Å². The molecular weight excluding hydrogens is 432 g/mol. The Kier molecular flexibility index (Phi) is 8.29. The average Bonchev–Trinajstić information content (AvgIpc) is 2.71. The maximum Gasteiger partial charge on any atom is 0.343 e. The van der Waals surface area contributed by atoms with E-state index in [2.05, 4.69) is 31.2 Å². The number of carbonyl (C=O) groups excluding carboxylic acids is 2. The van der Waals surface area contributed by atoms with Gasteiger partial charge in [-0.25, -0.2) is 10.2 Å². The molecule has 8 nitrogen and oxygen atoms in total. The largest absolute Gasteiger partial charge is 0.493 e. The molecule has 0 aliphatic rings. The number of benzene rings is 2. The number of nitrogens with zero attached hydrogens (tertiary/aromatic N) is 1. The van der Waals surface area contributed by atoms with E-state index in [4.69, 9.17) is 14.2 Å². The number of ether oxygens (including phenoxy) is 4. The van der Waals surface area contributed by atoms with Gasteiger partial charge in [0.1, 0.15) is 5.75 Å². The fourth-order valence-electron chi connectivity index (χ4n) is 2.02. The Morgan fingerprint density at radius 2 is 1.86 bits per heavy atom. The van der Waals surface area contributed by atoms with Gasteiger partial charge in [-0.2, -0.15) is 5.10 Å². The van der Waals surface area contributed by atoms with E-state index in [-0.39, 0.29) is 13.2 Å². The molecule has 2 aromatic rings. The predicted molar refractivity (Wildman–Crippen MR) is 106 cm³/mol. The Hall–Kier alpha value is -3.07. The van der Waals surface area contributed by atoms with Crippen LogP contribution in [-0.4, -0.2) is 45.5 Å². The first-order valence-electron chi connectivity index (χ1n) is 8.10. The molecule has 9 heteroatoms. The van der Waals surface area contributed by atoms with E-state index < -0.39 is 11.9 Å². The molecule has 148 valence electrons. The maximum absolute atomic E-state index is 11.8. The Bertz CT molecular complexity index is 842. The molecule has 0 radical (unpaired) electrons. The van der Waals surface area contributed by atoms with Crippen molar-refractivity contribution in [3.05, 3.63) is 52.5 Å². The molecule has 0 heterocycles. The van der Waals surface area contributed by atoms with Crippen LogP contribution in [-0.2, 0) is 14.3 Å². The quantitative estimate of drug-likeness (QED) is 0.358. The first-order chi connectivity index (χ1) is 13.5. The number of para-hydroxylation sites is 1. The van der Waals surface area contributed by atoms with Crippen molar-refractivity contribution in [1.82, 2.24) is 5.43 Å². The number of rotatable bonds is 9. The van der Waals surface area contributed by atoms with Crippen LogP contribution in [0.1, 0.15) is 5.56 Å². The highest BCUT2D eigenvalue weighted by molar-refractivity contribution is 9.10. The molecule has 2 rings (SSSR count). The van der Waals surface area contributed by atoms with Crippen LogP contribution in [0.3, 0.4) is 0 Å². The van der Waals surface area contributed by atoms with Gasteiger partial charge in [-0.3, -0.25) is 4.79 Å². The van der Waals surface area contributed by atoms with Gasteiger partial charge in [-0.1, -0.05) is 18.2 Å². The van der Waals surface area contributed by atoms with Crippen molar-refractivity contribution in [3.8, 4) is 17.2 Å². The van der Waals surface area contributed by atoms with Gasteiger partial charge in [-0.15, -0.1) is 0 Å². The van der Waals surface area contributed by atoms with Crippen LogP contribution in [0.5, 0.6) is 17.2 Å². The molecule has 0 atom stereocenters. The van der Waals surface area contributed by atoms with Crippen LogP contribution in [0.2, 0.25) is 0 Å². The third kappa shape index (κ3) is 6.58. The highest BCUT2D eigenvalue weighted by Crippen LogP contribution is 2.36. The first-order valence-corrected chi connectivity index (χ1v) is 8.89. The molecule has 0 bridgehead atoms. The molecule has 0 spiro atoms. The van der Waals surface area contributed by atoms with Gasteiger partial charge in [0, 0.05) is 0 Å². The fourth-order valence-corrected chi connectivity index (χ4v) is 2.60. The van der Waals surface area contributed by atoms with Gasteiger partial charge < -0.3 is 18.9 Å². The molecular formula is C19H19BrN2O6. The van der Waals surface area contributed by atoms with Gasteiger partial charge in [0.2, 0.25) is 0 Å². The summed E-state index contributed by atoms with van der Waals surface area (Å²) in [6.07, 6.45) is 1.44. The standard InChI is InChI=1S/C19H19BrN2O6/c1-25-16-9-13(8-15(20)19(16)28-12-18(24)26-2)10-21-22-17(23)11-27-14-6-4-3-5-7-14/h3-10H,11-12H2,1-2H3,(H,22,23). The minimum absolute atomic E-state index is 0.158. The van der Waals surface area contributed by atoms with Crippen LogP contribution in [0.15, 0.2) is 52.0 Å². The number of amides is 1. The summed E-state index contributed by atoms with van der Waals surface area (Å²) in [5.41, 5.74) is 3.02. The summed E-state index contributed by atoms with van der Waals surface area (Å²) in [7, 11) is 2.74. The molecule has 0 aliphatic carbocycles. The summed E-state index contributed by atoms with van der Waals surface area (Å²) in [6.45, 7) is -0.412. The minimum atomic E-state index is -0.514. The molecule has 0 saturated carbocycles. The van der Waals surface area contributed by atoms with E-state index in [1.165, 1.54) is 20.4 Å². The lowest BCUT2D eigenvalue weighted by molar-refractivity contribution is -0.143. The second-order valence-electron chi connectivity index (χ2n) is 5.29. The average molecular weight is 451 g/mol. The lowest BCUT2D eigenvalue weighted by Crippen LogP contribution is -2.24. The number of methoxy groups -OCH3 is 2. The molecule has 0 aromatic heterocycles. The van der Waals surface area contributed by atoms with E-state index in [0.717, 1.165) is 0 Å². The Morgan fingerprint density at radius 3 is 2.54 bits per heavy atom. The Balaban J connectivity index is 1.94. The molecule has 0 saturated heterocycles. The fraction of sp³-hybridized carbons (Fsp3) is 0.211. The monoisotopic (exact) mass is 450 g/mol. The second-order valence-corrected chi connectivity index (χ2v) is 6.15. The van der Waals surface area contributed by atoms with E-state index in [1.54, 1.807) is 24.3 Å². The van der Waals surface area contributed by atoms with Crippen molar-refractivity contribution in [1.29, 1.82) is 0 Å². The van der Waals surface area contributed by atoms with Crippen molar-refractivity contribution in [3.63, 3.8) is 0 Å². The number of halogens is 1. The molecule has 0 aliphatic heterocycles. The number of carbonyl (C=O) groups is 2. The number of hydrogen-bond donors (Lipinski definition) is 1. The first kappa shape index (κ1) is 21.2. The number of hydrazone groups is 1. The normalized spacial score (nSPS) is 10.4. The molecule has 0 unspecified atom stereocenters. The topological polar surface area (TPSA) is 95.5 Å². The van der Waals surface area contributed by atoms with Crippen molar-refractivity contribution >= 4 is 34.0 Å². The van der Waals surface area contributed by atoms with Crippen LogP contribution >= 0.6 is 15.9 Å². The van der Waals surface area contributed by atoms with Crippen molar-refractivity contribution in [2.45, 2.75) is 0 Å². The van der Waals surface area contributed by atoms with Crippen LogP contribution in [0.25, 0.3) is 0 Å². The van der Waals surface area contributed by atoms with E-state index in [1.807, 2.05) is 18.2 Å². The lowest BCUT2D eigenvalue weighted by atomic mass is 10.2. The number of esters is 1. The smallest absolute Gasteiger partial charge is 0.343 e. The zero-order chi connectivity index (χ0) is 20.4. The zero-order valence-electron chi connectivity index (χ0n) is 15.3. The summed E-state index contributed by atoms with van der Waals surface area (Å²) in [6, 6.07) is 12.3. The third-order valence-corrected chi connectivity index (χ3v) is 3.92. The lowest BCUT2D eigenvalue weighted by Gasteiger charge is -2.12. The van der Waals surface area contributed by atoms with Gasteiger partial charge in [0.05, 0.1) is 24.9 Å². The third-order valence-electron chi connectivity index (χ3n) is 3.33. The number of nitrogens with one attached hydrogen (secondary N) is 1. The van der Waals surface area contributed by atoms with Gasteiger partial charge in [0.25, 0.3) is 5.91 Å². The summed E-state index contributed by atoms with van der Waals surface area (Å²) in [4.78, 5) is 23.0.